The summed E-state index contributed by atoms with van der Waals surface area (Å²) in [7, 11) is 5.52. The van der Waals surface area contributed by atoms with Gasteiger partial charge in [-0.1, -0.05) is 30.8 Å². The number of methoxy groups -OCH3 is 1. The van der Waals surface area contributed by atoms with E-state index in [4.69, 9.17) is 9.02 Å². The van der Waals surface area contributed by atoms with Crippen molar-refractivity contribution in [3.63, 3.8) is 0 Å². The molecule has 0 saturated carbocycles. The molecule has 0 unspecified atom stereocenters. The van der Waals surface area contributed by atoms with E-state index in [1.165, 1.54) is 0 Å². The van der Waals surface area contributed by atoms with E-state index >= 15 is 0 Å². The predicted molar refractivity (Wildman–Crippen MR) is 140 cm³/mol. The number of carbonyl (C=O) groups is 1. The Morgan fingerprint density at radius 3 is 2.65 bits per heavy atom. The molecule has 3 rings (SSSR count). The van der Waals surface area contributed by atoms with Crippen molar-refractivity contribution < 1.29 is 13.8 Å². The molecule has 2 aromatic carbocycles. The summed E-state index contributed by atoms with van der Waals surface area (Å²) in [5.41, 5.74) is 9.34. The molecule has 0 spiro atoms. The van der Waals surface area contributed by atoms with Crippen molar-refractivity contribution in [2.45, 2.75) is 25.2 Å². The van der Waals surface area contributed by atoms with Crippen LogP contribution in [0, 0.1) is 6.92 Å². The lowest BCUT2D eigenvalue weighted by molar-refractivity contribution is 0.0797. The lowest BCUT2D eigenvalue weighted by Crippen LogP contribution is -2.21. The van der Waals surface area contributed by atoms with Gasteiger partial charge < -0.3 is 14.6 Å². The van der Waals surface area contributed by atoms with E-state index in [0.717, 1.165) is 50.6 Å². The van der Waals surface area contributed by atoms with Gasteiger partial charge in [-0.3, -0.25) is 4.79 Å². The molecule has 178 valence electrons. The zero-order chi connectivity index (χ0) is 24.7. The molecule has 0 aliphatic rings. The first-order valence-electron chi connectivity index (χ1n) is 10.9. The summed E-state index contributed by atoms with van der Waals surface area (Å²) < 4.78 is 13.0. The maximum Gasteiger partial charge on any atom is 0.275 e. The second-order valence-corrected chi connectivity index (χ2v) is 8.69. The van der Waals surface area contributed by atoms with Crippen molar-refractivity contribution >= 4 is 30.1 Å². The van der Waals surface area contributed by atoms with E-state index < -0.39 is 0 Å². The first kappa shape index (κ1) is 25.2. The Kier molecular flexibility index (Phi) is 8.62. The van der Waals surface area contributed by atoms with Crippen molar-refractivity contribution in [3.8, 4) is 5.75 Å². The molecule has 0 aliphatic heterocycles. The summed E-state index contributed by atoms with van der Waals surface area (Å²) >= 11 is 1.11. The normalized spacial score (nSPS) is 11.3. The topological polar surface area (TPSA) is 64.5 Å². The highest BCUT2D eigenvalue weighted by molar-refractivity contribution is 7.94. The molecule has 0 saturated heterocycles. The van der Waals surface area contributed by atoms with Gasteiger partial charge in [-0.2, -0.15) is 4.28 Å². The van der Waals surface area contributed by atoms with Crippen LogP contribution < -0.4 is 15.5 Å². The number of hydrogen-bond acceptors (Lipinski definition) is 5. The predicted octanol–water partition coefficient (Wildman–Crippen LogP) is 5.52. The number of amides is 1. The number of hydroxylamine groups is 1. The van der Waals surface area contributed by atoms with Gasteiger partial charge in [0.15, 0.2) is 0 Å². The molecule has 0 radical (unpaired) electrons. The molecule has 0 bridgehead atoms. The van der Waals surface area contributed by atoms with E-state index in [9.17, 15) is 4.79 Å². The third kappa shape index (κ3) is 5.92. The number of nitrogens with one attached hydrogen (secondary N) is 2. The van der Waals surface area contributed by atoms with Gasteiger partial charge in [-0.25, -0.2) is 5.48 Å². The second-order valence-electron chi connectivity index (χ2n) is 7.91. The molecule has 2 N–H and O–H groups in total. The fourth-order valence-electron chi connectivity index (χ4n) is 3.63. The Bertz CT molecular complexity index is 1210. The van der Waals surface area contributed by atoms with Gasteiger partial charge >= 0.3 is 0 Å². The lowest BCUT2D eigenvalue weighted by Gasteiger charge is -2.12. The zero-order valence-corrected chi connectivity index (χ0v) is 21.1. The molecule has 0 fully saturated rings. The van der Waals surface area contributed by atoms with E-state index in [1.54, 1.807) is 19.2 Å². The minimum absolute atomic E-state index is 0.340. The summed E-state index contributed by atoms with van der Waals surface area (Å²) in [5.74, 6) is 0.302. The molecular formula is C27H31N3O3S. The number of aryl methyl sites for hydroxylation is 2. The van der Waals surface area contributed by atoms with Crippen molar-refractivity contribution in [1.82, 2.24) is 15.4 Å². The number of carbonyl (C=O) groups excluding carboxylic acids is 1. The summed E-state index contributed by atoms with van der Waals surface area (Å²) in [4.78, 5) is 13.6. The van der Waals surface area contributed by atoms with Crippen LogP contribution in [-0.2, 0) is 17.8 Å². The van der Waals surface area contributed by atoms with Crippen LogP contribution in [0.2, 0.25) is 0 Å². The Morgan fingerprint density at radius 2 is 1.97 bits per heavy atom. The number of nitrogens with zero attached hydrogens (tertiary/aromatic N) is 1. The number of aromatic nitrogens is 1. The molecule has 6 nitrogen and oxygen atoms in total. The van der Waals surface area contributed by atoms with Gasteiger partial charge in [0, 0.05) is 54.1 Å². The molecule has 3 aromatic rings. The minimum atomic E-state index is -0.340. The Balaban J connectivity index is 1.77. The number of hydrogen-bond donors (Lipinski definition) is 2. The van der Waals surface area contributed by atoms with Crippen molar-refractivity contribution in [1.29, 1.82) is 0 Å². The van der Waals surface area contributed by atoms with Crippen LogP contribution in [0.4, 0.5) is 0 Å². The third-order valence-corrected chi connectivity index (χ3v) is 6.39. The molecule has 7 heteroatoms. The maximum atomic E-state index is 12.6. The van der Waals surface area contributed by atoms with Crippen LogP contribution in [0.3, 0.4) is 0 Å². The molecular weight excluding hydrogens is 446 g/mol. The van der Waals surface area contributed by atoms with Crippen molar-refractivity contribution in [2.24, 2.45) is 7.05 Å². The minimum Gasteiger partial charge on any atom is -0.496 e. The number of allylic oxidation sites excluding steroid dienone is 1. The first-order valence-corrected chi connectivity index (χ1v) is 11.6. The molecule has 1 aromatic heterocycles. The maximum absolute atomic E-state index is 12.6. The van der Waals surface area contributed by atoms with E-state index in [-0.39, 0.29) is 5.91 Å². The van der Waals surface area contributed by atoms with E-state index in [2.05, 4.69) is 34.2 Å². The fraction of sp³-hybridized carbons (Fsp3) is 0.222. The Morgan fingerprint density at radius 1 is 1.21 bits per heavy atom. The number of ether oxygens (including phenoxy) is 1. The highest BCUT2D eigenvalue weighted by Gasteiger charge is 2.16. The number of rotatable bonds is 10. The monoisotopic (exact) mass is 477 g/mol. The molecule has 1 amide bonds. The molecule has 34 heavy (non-hydrogen) atoms. The highest BCUT2D eigenvalue weighted by atomic mass is 32.2. The van der Waals surface area contributed by atoms with E-state index in [0.29, 0.717) is 17.7 Å². The van der Waals surface area contributed by atoms with Crippen LogP contribution in [0.25, 0.3) is 12.2 Å². The standard InChI is InChI=1S/C27H31N3O3S/c1-7-24-23(14-19(3)28-4)22(17-30(24)5)15-20-12-13-21(16-25(20)32-6)27(31)29-33-34-26-11-9-8-10-18(26)2/h7-14,16-17,28H,1,15H2,2-6H3,(H,29,31)/b19-14+. The van der Waals surface area contributed by atoms with Crippen LogP contribution in [-0.4, -0.2) is 24.6 Å². The number of benzene rings is 2. The summed E-state index contributed by atoms with van der Waals surface area (Å²) in [6.07, 6.45) is 6.72. The van der Waals surface area contributed by atoms with Crippen molar-refractivity contribution in [2.75, 3.05) is 14.2 Å². The summed E-state index contributed by atoms with van der Waals surface area (Å²) in [6.45, 7) is 7.98. The SMILES string of the molecule is C=Cc1c(/C=C(\C)NC)c(Cc2ccc(C(=O)NOSc3ccccc3C)cc2OC)cn1C. The molecule has 0 aliphatic carbocycles. The second kappa shape index (κ2) is 11.6. The van der Waals surface area contributed by atoms with Gasteiger partial charge in [0.2, 0.25) is 0 Å². The molecule has 0 atom stereocenters. The van der Waals surface area contributed by atoms with Gasteiger partial charge in [-0.05, 0) is 60.9 Å². The van der Waals surface area contributed by atoms with Gasteiger partial charge in [0.25, 0.3) is 5.91 Å². The third-order valence-electron chi connectivity index (χ3n) is 5.59. The molecule has 1 heterocycles. The van der Waals surface area contributed by atoms with Crippen molar-refractivity contribution in [3.05, 3.63) is 94.4 Å². The Hall–Kier alpha value is -3.42. The van der Waals surface area contributed by atoms with Crippen LogP contribution in [0.5, 0.6) is 5.75 Å². The largest absolute Gasteiger partial charge is 0.496 e. The van der Waals surface area contributed by atoms with Gasteiger partial charge in [0.05, 0.1) is 19.2 Å². The smallest absolute Gasteiger partial charge is 0.275 e. The quantitative estimate of drug-likeness (QED) is 0.297. The fourth-order valence-corrected chi connectivity index (χ4v) is 4.17. The van der Waals surface area contributed by atoms with Crippen LogP contribution >= 0.6 is 12.0 Å². The van der Waals surface area contributed by atoms with Gasteiger partial charge in [-0.15, -0.1) is 0 Å². The Labute approximate surface area is 205 Å². The van der Waals surface area contributed by atoms with Crippen LogP contribution in [0.1, 0.15) is 45.2 Å². The van der Waals surface area contributed by atoms with Crippen LogP contribution in [0.15, 0.2) is 65.8 Å². The summed E-state index contributed by atoms with van der Waals surface area (Å²) in [6, 6.07) is 13.2. The first-order chi connectivity index (χ1) is 16.4. The van der Waals surface area contributed by atoms with E-state index in [1.807, 2.05) is 64.4 Å². The zero-order valence-electron chi connectivity index (χ0n) is 20.3. The average Bonchev–Trinajstić information content (AvgIpc) is 3.13. The van der Waals surface area contributed by atoms with Gasteiger partial charge in [0.1, 0.15) is 5.75 Å². The lowest BCUT2D eigenvalue weighted by atomic mass is 9.99. The average molecular weight is 478 g/mol. The summed E-state index contributed by atoms with van der Waals surface area (Å²) in [5, 5.41) is 3.17. The highest BCUT2D eigenvalue weighted by Crippen LogP contribution is 2.28.